The molecule has 148 valence electrons. The number of rotatable bonds is 6. The molecule has 0 radical (unpaired) electrons. The quantitative estimate of drug-likeness (QED) is 0.628. The van der Waals surface area contributed by atoms with Gasteiger partial charge in [-0.1, -0.05) is 18.2 Å². The predicted octanol–water partition coefficient (Wildman–Crippen LogP) is 0.390. The van der Waals surface area contributed by atoms with Gasteiger partial charge in [0.2, 0.25) is 0 Å². The molecule has 0 aliphatic heterocycles. The summed E-state index contributed by atoms with van der Waals surface area (Å²) >= 11 is 0. The number of para-hydroxylation sites is 1. The van der Waals surface area contributed by atoms with Crippen molar-refractivity contribution in [3.63, 3.8) is 0 Å². The number of benzene rings is 1. The summed E-state index contributed by atoms with van der Waals surface area (Å²) in [5, 5.41) is 6.93. The summed E-state index contributed by atoms with van der Waals surface area (Å²) in [5.74, 6) is -0.226. The summed E-state index contributed by atoms with van der Waals surface area (Å²) in [6.07, 6.45) is 3.24. The van der Waals surface area contributed by atoms with Gasteiger partial charge in [0.15, 0.2) is 0 Å². The number of amides is 1. The Hall–Kier alpha value is -3.75. The van der Waals surface area contributed by atoms with Crippen molar-refractivity contribution in [1.82, 2.24) is 24.6 Å². The van der Waals surface area contributed by atoms with Crippen LogP contribution in [0.25, 0.3) is 5.69 Å². The van der Waals surface area contributed by atoms with Gasteiger partial charge in [-0.3, -0.25) is 14.4 Å². The number of nitrogens with one attached hydrogen (secondary N) is 2. The first kappa shape index (κ1) is 18.6. The Balaban J connectivity index is 1.50. The van der Waals surface area contributed by atoms with E-state index in [9.17, 15) is 19.2 Å². The molecule has 3 aromatic rings. The summed E-state index contributed by atoms with van der Waals surface area (Å²) in [6, 6.07) is 11.5. The zero-order valence-corrected chi connectivity index (χ0v) is 15.5. The molecule has 1 aliphatic rings. The summed E-state index contributed by atoms with van der Waals surface area (Å²) in [7, 11) is 0. The second-order valence-corrected chi connectivity index (χ2v) is 6.83. The number of hydrogen-bond acceptors (Lipinski definition) is 5. The zero-order chi connectivity index (χ0) is 20.4. The number of H-pyrrole nitrogens is 1. The van der Waals surface area contributed by atoms with E-state index in [-0.39, 0.29) is 24.2 Å². The predicted molar refractivity (Wildman–Crippen MR) is 105 cm³/mol. The van der Waals surface area contributed by atoms with Crippen molar-refractivity contribution in [1.29, 1.82) is 0 Å². The van der Waals surface area contributed by atoms with E-state index in [1.165, 1.54) is 10.7 Å². The fourth-order valence-electron chi connectivity index (χ4n) is 3.04. The van der Waals surface area contributed by atoms with Crippen molar-refractivity contribution in [3.05, 3.63) is 91.1 Å². The van der Waals surface area contributed by atoms with Crippen molar-refractivity contribution in [2.75, 3.05) is 6.54 Å². The maximum Gasteiger partial charge on any atom is 0.333 e. The molecule has 2 heterocycles. The number of hydrogen-bond donors (Lipinski definition) is 2. The third-order valence-corrected chi connectivity index (χ3v) is 4.73. The fraction of sp³-hybridized carbons (Fsp3) is 0.250. The highest BCUT2D eigenvalue weighted by Crippen LogP contribution is 2.38. The molecule has 9 nitrogen and oxygen atoms in total. The van der Waals surface area contributed by atoms with Gasteiger partial charge in [-0.2, -0.15) is 5.10 Å². The Morgan fingerprint density at radius 2 is 1.86 bits per heavy atom. The average Bonchev–Trinajstić information content (AvgIpc) is 3.55. The van der Waals surface area contributed by atoms with Gasteiger partial charge in [0.25, 0.3) is 17.0 Å². The van der Waals surface area contributed by atoms with Gasteiger partial charge < -0.3 is 10.3 Å². The number of carbonyl (C=O) groups is 1. The van der Waals surface area contributed by atoms with Gasteiger partial charge in [-0.25, -0.2) is 14.0 Å². The Morgan fingerprint density at radius 1 is 1.10 bits per heavy atom. The van der Waals surface area contributed by atoms with E-state index in [0.717, 1.165) is 29.3 Å². The molecule has 1 aromatic carbocycles. The third kappa shape index (κ3) is 3.93. The maximum atomic E-state index is 12.7. The maximum absolute atomic E-state index is 12.7. The van der Waals surface area contributed by atoms with Crippen LogP contribution in [0.4, 0.5) is 0 Å². The molecule has 0 spiro atoms. The lowest BCUT2D eigenvalue weighted by Crippen LogP contribution is -2.40. The molecule has 0 atom stereocenters. The number of nitrogens with zero attached hydrogens (tertiary/aromatic N) is 3. The highest BCUT2D eigenvalue weighted by atomic mass is 16.2. The fourth-order valence-corrected chi connectivity index (χ4v) is 3.04. The Kier molecular flexibility index (Phi) is 4.94. The largest absolute Gasteiger partial charge is 0.350 e. The van der Waals surface area contributed by atoms with E-state index in [1.54, 1.807) is 36.4 Å². The van der Waals surface area contributed by atoms with E-state index >= 15 is 0 Å². The molecule has 9 heteroatoms. The van der Waals surface area contributed by atoms with E-state index < -0.39 is 17.2 Å². The lowest BCUT2D eigenvalue weighted by Gasteiger charge is -2.09. The SMILES string of the molecule is O=C(NCCn1nc(C2CC2)ccc1=O)c1c[nH]c(=O)n(-c2ccccc2)c1=O. The van der Waals surface area contributed by atoms with E-state index in [4.69, 9.17) is 0 Å². The lowest BCUT2D eigenvalue weighted by molar-refractivity contribution is 0.0949. The highest BCUT2D eigenvalue weighted by Gasteiger charge is 2.25. The second-order valence-electron chi connectivity index (χ2n) is 6.83. The summed E-state index contributed by atoms with van der Waals surface area (Å²) in [6.45, 7) is 0.297. The van der Waals surface area contributed by atoms with Crippen molar-refractivity contribution in [3.8, 4) is 5.69 Å². The van der Waals surface area contributed by atoms with Gasteiger partial charge in [0.05, 0.1) is 17.9 Å². The van der Waals surface area contributed by atoms with Crippen LogP contribution in [0.5, 0.6) is 0 Å². The normalized spacial score (nSPS) is 13.2. The Bertz CT molecular complexity index is 1220. The van der Waals surface area contributed by atoms with Crippen molar-refractivity contribution in [2.45, 2.75) is 25.3 Å². The van der Waals surface area contributed by atoms with Crippen LogP contribution in [0, 0.1) is 0 Å². The van der Waals surface area contributed by atoms with Crippen LogP contribution in [0.1, 0.15) is 34.8 Å². The van der Waals surface area contributed by atoms with Crippen LogP contribution in [-0.2, 0) is 6.54 Å². The topological polar surface area (TPSA) is 119 Å². The van der Waals surface area contributed by atoms with Crippen LogP contribution in [-0.4, -0.2) is 31.8 Å². The summed E-state index contributed by atoms with van der Waals surface area (Å²) < 4.78 is 2.21. The molecule has 2 N–H and O–H groups in total. The van der Waals surface area contributed by atoms with Crippen LogP contribution in [0.3, 0.4) is 0 Å². The van der Waals surface area contributed by atoms with Gasteiger partial charge in [0.1, 0.15) is 5.56 Å². The number of aromatic amines is 1. The molecular weight excluding hydrogens is 374 g/mol. The molecule has 1 fully saturated rings. The monoisotopic (exact) mass is 393 g/mol. The Labute approximate surface area is 164 Å². The molecular formula is C20H19N5O4. The number of carbonyl (C=O) groups excluding carboxylic acids is 1. The van der Waals surface area contributed by atoms with Gasteiger partial charge in [0, 0.05) is 24.7 Å². The molecule has 0 bridgehead atoms. The van der Waals surface area contributed by atoms with Crippen LogP contribution in [0.15, 0.2) is 63.0 Å². The van der Waals surface area contributed by atoms with Gasteiger partial charge in [-0.15, -0.1) is 0 Å². The molecule has 4 rings (SSSR count). The molecule has 0 unspecified atom stereocenters. The minimum absolute atomic E-state index is 0.115. The molecule has 1 aliphatic carbocycles. The lowest BCUT2D eigenvalue weighted by atomic mass is 10.2. The minimum atomic E-state index is -0.719. The summed E-state index contributed by atoms with van der Waals surface area (Å²) in [5.41, 5.74) is -0.558. The van der Waals surface area contributed by atoms with Crippen LogP contribution >= 0.6 is 0 Å². The highest BCUT2D eigenvalue weighted by molar-refractivity contribution is 5.93. The molecule has 1 saturated carbocycles. The first-order valence-electron chi connectivity index (χ1n) is 9.31. The number of aromatic nitrogens is 4. The standard InChI is InChI=1S/C20H19N5O4/c26-17-9-8-16(13-6-7-13)23-24(17)11-10-21-18(27)15-12-22-20(29)25(19(15)28)14-4-2-1-3-5-14/h1-5,8-9,12-13H,6-7,10-11H2,(H,21,27)(H,22,29). The molecule has 0 saturated heterocycles. The first-order chi connectivity index (χ1) is 14.0. The van der Waals surface area contributed by atoms with Crippen LogP contribution in [0.2, 0.25) is 0 Å². The zero-order valence-electron chi connectivity index (χ0n) is 15.5. The van der Waals surface area contributed by atoms with Crippen molar-refractivity contribution >= 4 is 5.91 Å². The van der Waals surface area contributed by atoms with Crippen LogP contribution < -0.4 is 22.1 Å². The third-order valence-electron chi connectivity index (χ3n) is 4.73. The van der Waals surface area contributed by atoms with Crippen molar-refractivity contribution in [2.24, 2.45) is 0 Å². The van der Waals surface area contributed by atoms with Gasteiger partial charge in [-0.05, 0) is 31.0 Å². The smallest absolute Gasteiger partial charge is 0.333 e. The van der Waals surface area contributed by atoms with E-state index in [2.05, 4.69) is 15.4 Å². The van der Waals surface area contributed by atoms with Gasteiger partial charge >= 0.3 is 5.69 Å². The minimum Gasteiger partial charge on any atom is -0.350 e. The molecule has 2 aromatic heterocycles. The van der Waals surface area contributed by atoms with E-state index in [1.807, 2.05) is 0 Å². The first-order valence-corrected chi connectivity index (χ1v) is 9.31. The van der Waals surface area contributed by atoms with E-state index in [0.29, 0.717) is 11.6 Å². The summed E-state index contributed by atoms with van der Waals surface area (Å²) in [4.78, 5) is 51.6. The second kappa shape index (κ2) is 7.70. The molecule has 29 heavy (non-hydrogen) atoms. The Morgan fingerprint density at radius 3 is 2.59 bits per heavy atom. The molecule has 1 amide bonds. The van der Waals surface area contributed by atoms with Crippen molar-refractivity contribution < 1.29 is 4.79 Å². The average molecular weight is 393 g/mol.